The van der Waals surface area contributed by atoms with Crippen LogP contribution in [0.1, 0.15) is 6.42 Å². The number of halogens is 2. The second-order valence-corrected chi connectivity index (χ2v) is 8.20. The Morgan fingerprint density at radius 1 is 1.06 bits per heavy atom. The maximum Gasteiger partial charge on any atom is 0.170 e. The number of aromatic hydroxyl groups is 1. The van der Waals surface area contributed by atoms with Crippen molar-refractivity contribution in [1.29, 1.82) is 0 Å². The Kier molecular flexibility index (Phi) is 5.28. The summed E-state index contributed by atoms with van der Waals surface area (Å²) in [5, 5.41) is 23.5. The third-order valence-corrected chi connectivity index (χ3v) is 5.89. The number of benzene rings is 2. The molecule has 0 amide bonds. The summed E-state index contributed by atoms with van der Waals surface area (Å²) in [6, 6.07) is 14.1. The number of aromatic nitrogens is 2. The molecule has 0 spiro atoms. The van der Waals surface area contributed by atoms with E-state index >= 15 is 0 Å². The SMILES string of the molecule is Oc1c(F)cc(-c2ccc3nccc(Nc4ccc(N5CCC(O)C5)nc4)c3c2)cc1Cl. The second-order valence-electron chi connectivity index (χ2n) is 7.80. The van der Waals surface area contributed by atoms with E-state index in [0.29, 0.717) is 12.1 Å². The first kappa shape index (κ1) is 20.5. The van der Waals surface area contributed by atoms with Crippen LogP contribution in [0.15, 0.2) is 60.9 Å². The Balaban J connectivity index is 1.46. The van der Waals surface area contributed by atoms with Gasteiger partial charge in [0.2, 0.25) is 0 Å². The highest BCUT2D eigenvalue weighted by atomic mass is 35.5. The highest BCUT2D eigenvalue weighted by Gasteiger charge is 2.21. The van der Waals surface area contributed by atoms with E-state index in [1.54, 1.807) is 12.4 Å². The van der Waals surface area contributed by atoms with Gasteiger partial charge in [-0.1, -0.05) is 17.7 Å². The topological polar surface area (TPSA) is 81.5 Å². The van der Waals surface area contributed by atoms with Gasteiger partial charge in [0.05, 0.1) is 28.5 Å². The number of rotatable bonds is 4. The Hall–Kier alpha value is -3.42. The molecule has 1 aliphatic rings. The lowest BCUT2D eigenvalue weighted by atomic mass is 10.0. The molecule has 162 valence electrons. The summed E-state index contributed by atoms with van der Waals surface area (Å²) in [5.74, 6) is -0.492. The smallest absolute Gasteiger partial charge is 0.170 e. The lowest BCUT2D eigenvalue weighted by molar-refractivity contribution is 0.198. The van der Waals surface area contributed by atoms with Gasteiger partial charge in [0.25, 0.3) is 0 Å². The molecule has 0 aliphatic carbocycles. The van der Waals surface area contributed by atoms with Crippen LogP contribution < -0.4 is 10.2 Å². The quantitative estimate of drug-likeness (QED) is 0.401. The number of phenols is 1. The van der Waals surface area contributed by atoms with Crippen LogP contribution >= 0.6 is 11.6 Å². The molecule has 6 nitrogen and oxygen atoms in total. The van der Waals surface area contributed by atoms with Crippen LogP contribution in [0, 0.1) is 5.82 Å². The fraction of sp³-hybridized carbons (Fsp3) is 0.167. The first-order valence-electron chi connectivity index (χ1n) is 10.2. The molecular weight excluding hydrogens is 431 g/mol. The van der Waals surface area contributed by atoms with Crippen molar-refractivity contribution >= 4 is 39.7 Å². The molecule has 1 fully saturated rings. The monoisotopic (exact) mass is 450 g/mol. The Morgan fingerprint density at radius 3 is 2.66 bits per heavy atom. The van der Waals surface area contributed by atoms with E-state index in [1.807, 2.05) is 36.4 Å². The molecule has 2 aromatic carbocycles. The zero-order valence-corrected chi connectivity index (χ0v) is 17.7. The van der Waals surface area contributed by atoms with Gasteiger partial charge in [-0.15, -0.1) is 0 Å². The molecule has 2 aromatic heterocycles. The van der Waals surface area contributed by atoms with Crippen LogP contribution in [-0.4, -0.2) is 39.4 Å². The zero-order chi connectivity index (χ0) is 22.2. The van der Waals surface area contributed by atoms with Crippen molar-refractivity contribution in [3.05, 3.63) is 71.8 Å². The molecule has 0 radical (unpaired) electrons. The predicted molar refractivity (Wildman–Crippen MR) is 124 cm³/mol. The van der Waals surface area contributed by atoms with Crippen LogP contribution in [0.2, 0.25) is 5.02 Å². The molecule has 4 aromatic rings. The van der Waals surface area contributed by atoms with Crippen molar-refractivity contribution in [1.82, 2.24) is 9.97 Å². The van der Waals surface area contributed by atoms with Gasteiger partial charge in [-0.2, -0.15) is 0 Å². The van der Waals surface area contributed by atoms with Gasteiger partial charge in [-0.25, -0.2) is 9.37 Å². The molecule has 1 aliphatic heterocycles. The van der Waals surface area contributed by atoms with E-state index in [1.165, 1.54) is 12.1 Å². The summed E-state index contributed by atoms with van der Waals surface area (Å²) in [6.07, 6.45) is 3.92. The molecule has 0 saturated carbocycles. The minimum atomic E-state index is -0.770. The molecule has 0 bridgehead atoms. The molecule has 1 saturated heterocycles. The van der Waals surface area contributed by atoms with Crippen LogP contribution in [0.4, 0.5) is 21.6 Å². The van der Waals surface area contributed by atoms with Crippen LogP contribution in [0.25, 0.3) is 22.0 Å². The van der Waals surface area contributed by atoms with Gasteiger partial charge < -0.3 is 20.4 Å². The fourth-order valence-corrected chi connectivity index (χ4v) is 4.13. The molecule has 3 N–H and O–H groups in total. The number of β-amino-alcohol motifs (C(OH)–C–C–N with tert-alkyl or cyclic N) is 1. The number of fused-ring (bicyclic) bond motifs is 1. The largest absolute Gasteiger partial charge is 0.504 e. The number of hydrogen-bond acceptors (Lipinski definition) is 6. The Labute approximate surface area is 188 Å². The first-order valence-corrected chi connectivity index (χ1v) is 10.6. The van der Waals surface area contributed by atoms with E-state index in [0.717, 1.165) is 46.6 Å². The van der Waals surface area contributed by atoms with Gasteiger partial charge in [0.15, 0.2) is 11.6 Å². The van der Waals surface area contributed by atoms with Gasteiger partial charge in [-0.05, 0) is 60.0 Å². The maximum atomic E-state index is 14.0. The van der Waals surface area contributed by atoms with Crippen LogP contribution in [-0.2, 0) is 0 Å². The molecular formula is C24H20ClFN4O2. The molecule has 1 unspecified atom stereocenters. The summed E-state index contributed by atoms with van der Waals surface area (Å²) >= 11 is 5.95. The number of aliphatic hydroxyl groups is 1. The van der Waals surface area contributed by atoms with Crippen LogP contribution in [0.5, 0.6) is 5.75 Å². The average molecular weight is 451 g/mol. The van der Waals surface area contributed by atoms with Gasteiger partial charge >= 0.3 is 0 Å². The summed E-state index contributed by atoms with van der Waals surface area (Å²) in [5.41, 5.74) is 3.72. The second kappa shape index (κ2) is 8.26. The molecule has 3 heterocycles. The Morgan fingerprint density at radius 2 is 1.94 bits per heavy atom. The minimum Gasteiger partial charge on any atom is -0.504 e. The number of anilines is 3. The van der Waals surface area contributed by atoms with Gasteiger partial charge in [0, 0.05) is 30.4 Å². The fourth-order valence-electron chi connectivity index (χ4n) is 3.92. The van der Waals surface area contributed by atoms with Gasteiger partial charge in [0.1, 0.15) is 5.82 Å². The summed E-state index contributed by atoms with van der Waals surface area (Å²) in [6.45, 7) is 1.39. The van der Waals surface area contributed by atoms with E-state index < -0.39 is 11.6 Å². The number of phenolic OH excluding ortho intramolecular Hbond substituents is 1. The lowest BCUT2D eigenvalue weighted by Gasteiger charge is -2.17. The normalized spacial score (nSPS) is 16.0. The van der Waals surface area contributed by atoms with Crippen molar-refractivity contribution in [2.24, 2.45) is 0 Å². The molecule has 8 heteroatoms. The third kappa shape index (κ3) is 3.92. The van der Waals surface area contributed by atoms with Crippen molar-refractivity contribution in [2.75, 3.05) is 23.3 Å². The van der Waals surface area contributed by atoms with Crippen molar-refractivity contribution in [3.63, 3.8) is 0 Å². The summed E-state index contributed by atoms with van der Waals surface area (Å²) < 4.78 is 14.0. The minimum absolute atomic E-state index is 0.0404. The predicted octanol–water partition coefficient (Wildman–Crippen LogP) is 5.11. The average Bonchev–Trinajstić information content (AvgIpc) is 3.24. The number of hydrogen-bond donors (Lipinski definition) is 3. The summed E-state index contributed by atoms with van der Waals surface area (Å²) in [4.78, 5) is 11.0. The third-order valence-electron chi connectivity index (χ3n) is 5.61. The van der Waals surface area contributed by atoms with E-state index in [-0.39, 0.29) is 11.1 Å². The van der Waals surface area contributed by atoms with Gasteiger partial charge in [-0.3, -0.25) is 4.98 Å². The zero-order valence-electron chi connectivity index (χ0n) is 17.0. The summed E-state index contributed by atoms with van der Waals surface area (Å²) in [7, 11) is 0. The van der Waals surface area contributed by atoms with Crippen LogP contribution in [0.3, 0.4) is 0 Å². The van der Waals surface area contributed by atoms with E-state index in [2.05, 4.69) is 20.2 Å². The van der Waals surface area contributed by atoms with E-state index in [4.69, 9.17) is 11.6 Å². The molecule has 32 heavy (non-hydrogen) atoms. The number of pyridine rings is 2. The first-order chi connectivity index (χ1) is 15.5. The number of nitrogens with zero attached hydrogens (tertiary/aromatic N) is 3. The maximum absolute atomic E-state index is 14.0. The number of nitrogens with one attached hydrogen (secondary N) is 1. The van der Waals surface area contributed by atoms with E-state index in [9.17, 15) is 14.6 Å². The highest BCUT2D eigenvalue weighted by Crippen LogP contribution is 2.35. The Bertz CT molecular complexity index is 1280. The lowest BCUT2D eigenvalue weighted by Crippen LogP contribution is -2.22. The number of aliphatic hydroxyl groups excluding tert-OH is 1. The highest BCUT2D eigenvalue weighted by molar-refractivity contribution is 6.32. The molecule has 1 atom stereocenters. The molecule has 5 rings (SSSR count). The van der Waals surface area contributed by atoms with Crippen molar-refractivity contribution < 1.29 is 14.6 Å². The van der Waals surface area contributed by atoms with Crippen molar-refractivity contribution in [2.45, 2.75) is 12.5 Å². The standard InChI is InChI=1S/C24H20ClFN4O2/c25-19-10-15(11-20(26)24(19)32)14-1-3-21-18(9-14)22(5-7-27-21)29-16-2-4-23(28-12-16)30-8-6-17(31)13-30/h1-5,7,9-12,17,31-32H,6,8,13H2,(H,27,29). The van der Waals surface area contributed by atoms with Crippen molar-refractivity contribution in [3.8, 4) is 16.9 Å².